The zero-order chi connectivity index (χ0) is 19.1. The highest BCUT2D eigenvalue weighted by molar-refractivity contribution is 5.55. The lowest BCUT2D eigenvalue weighted by atomic mass is 9.79. The highest BCUT2D eigenvalue weighted by atomic mass is 16.5. The van der Waals surface area contributed by atoms with Crippen LogP contribution < -0.4 is 0 Å². The Bertz CT molecular complexity index is 326. The normalized spacial score (nSPS) is 17.3. The second-order valence-electron chi connectivity index (χ2n) is 9.30. The molecule has 1 atom stereocenters. The Kier molecular flexibility index (Phi) is 13.3. The molecule has 0 aliphatic heterocycles. The van der Waals surface area contributed by atoms with Crippen molar-refractivity contribution < 1.29 is 9.53 Å². The van der Waals surface area contributed by atoms with Crippen LogP contribution in [0.1, 0.15) is 117 Å². The van der Waals surface area contributed by atoms with E-state index in [1.807, 2.05) is 0 Å². The standard InChI is InChI=1S/C24H44O2/c1-24(2,3)22(21-25)17-13-10-8-6-4-5-7-9-11-16-20-26-23-18-14-12-15-19-23/h12,22-23H,4-11,13-20H2,1-3H3. The Morgan fingerprint density at radius 3 is 1.88 bits per heavy atom. The molecule has 0 aromatic carbocycles. The number of rotatable bonds is 15. The number of carbonyl (C=O) groups excluding carboxylic acids is 1. The van der Waals surface area contributed by atoms with Crippen LogP contribution in [0.5, 0.6) is 0 Å². The maximum Gasteiger partial charge on any atom is 0.202 e. The van der Waals surface area contributed by atoms with Gasteiger partial charge < -0.3 is 4.74 Å². The van der Waals surface area contributed by atoms with E-state index in [0.29, 0.717) is 6.10 Å². The largest absolute Gasteiger partial charge is 0.378 e. The van der Waals surface area contributed by atoms with Gasteiger partial charge in [-0.3, -0.25) is 4.79 Å². The summed E-state index contributed by atoms with van der Waals surface area (Å²) in [7, 11) is 0. The SMILES string of the molecule is CC(C)(C)C([C]=O)CCCCCCCCCCCCOC1CC[CH]CC1. The fourth-order valence-electron chi connectivity index (χ4n) is 3.85. The number of hydrogen-bond acceptors (Lipinski definition) is 2. The second-order valence-corrected chi connectivity index (χ2v) is 9.30. The van der Waals surface area contributed by atoms with Crippen molar-refractivity contribution in [3.63, 3.8) is 0 Å². The summed E-state index contributed by atoms with van der Waals surface area (Å²) < 4.78 is 5.97. The smallest absolute Gasteiger partial charge is 0.202 e. The van der Waals surface area contributed by atoms with E-state index in [1.165, 1.54) is 89.9 Å². The summed E-state index contributed by atoms with van der Waals surface area (Å²) in [6.07, 6.45) is 24.4. The third-order valence-corrected chi connectivity index (χ3v) is 5.81. The average Bonchev–Trinajstić information content (AvgIpc) is 2.62. The molecule has 0 amide bonds. The molecule has 1 fully saturated rings. The molecular formula is C24H44O2. The molecular weight excluding hydrogens is 320 g/mol. The first-order chi connectivity index (χ1) is 12.5. The van der Waals surface area contributed by atoms with Crippen molar-refractivity contribution in [2.45, 2.75) is 123 Å². The van der Waals surface area contributed by atoms with Crippen LogP contribution in [0.4, 0.5) is 0 Å². The molecule has 0 spiro atoms. The van der Waals surface area contributed by atoms with Crippen LogP contribution in [0.2, 0.25) is 0 Å². The molecule has 0 N–H and O–H groups in total. The number of hydrogen-bond donors (Lipinski definition) is 0. The lowest BCUT2D eigenvalue weighted by Gasteiger charge is -2.25. The minimum Gasteiger partial charge on any atom is -0.378 e. The predicted molar refractivity (Wildman–Crippen MR) is 112 cm³/mol. The second kappa shape index (κ2) is 14.7. The van der Waals surface area contributed by atoms with Crippen LogP contribution in [0, 0.1) is 17.8 Å². The molecule has 0 aromatic rings. The van der Waals surface area contributed by atoms with Crippen molar-refractivity contribution in [1.82, 2.24) is 0 Å². The van der Waals surface area contributed by atoms with Gasteiger partial charge in [-0.1, -0.05) is 78.6 Å². The zero-order valence-electron chi connectivity index (χ0n) is 17.9. The summed E-state index contributed by atoms with van der Waals surface area (Å²) >= 11 is 0. The molecule has 26 heavy (non-hydrogen) atoms. The highest BCUT2D eigenvalue weighted by Gasteiger charge is 2.24. The summed E-state index contributed by atoms with van der Waals surface area (Å²) in [5, 5.41) is 0. The molecule has 0 aromatic heterocycles. The van der Waals surface area contributed by atoms with Crippen molar-refractivity contribution in [3.8, 4) is 0 Å². The highest BCUT2D eigenvalue weighted by Crippen LogP contribution is 2.28. The van der Waals surface area contributed by atoms with Crippen molar-refractivity contribution >= 4 is 6.29 Å². The maximum absolute atomic E-state index is 11.0. The van der Waals surface area contributed by atoms with Gasteiger partial charge >= 0.3 is 0 Å². The molecule has 1 saturated carbocycles. The van der Waals surface area contributed by atoms with Gasteiger partial charge in [-0.05, 0) is 50.4 Å². The van der Waals surface area contributed by atoms with Crippen LogP contribution in [0.25, 0.3) is 0 Å². The van der Waals surface area contributed by atoms with Gasteiger partial charge in [0.1, 0.15) is 0 Å². The number of unbranched alkanes of at least 4 members (excludes halogenated alkanes) is 9. The summed E-state index contributed by atoms with van der Waals surface area (Å²) in [6, 6.07) is 0. The van der Waals surface area contributed by atoms with E-state index < -0.39 is 0 Å². The molecule has 0 heterocycles. The van der Waals surface area contributed by atoms with Crippen LogP contribution >= 0.6 is 0 Å². The third kappa shape index (κ3) is 12.1. The fraction of sp³-hybridized carbons (Fsp3) is 0.917. The van der Waals surface area contributed by atoms with Crippen molar-refractivity contribution in [2.24, 2.45) is 11.3 Å². The van der Waals surface area contributed by atoms with Gasteiger partial charge in [-0.25, -0.2) is 0 Å². The molecule has 1 unspecified atom stereocenters. The maximum atomic E-state index is 11.0. The Labute approximate surface area is 163 Å². The summed E-state index contributed by atoms with van der Waals surface area (Å²) in [6.45, 7) is 7.40. The van der Waals surface area contributed by atoms with Crippen LogP contribution in [-0.2, 0) is 9.53 Å². The van der Waals surface area contributed by atoms with Gasteiger partial charge in [0.25, 0.3) is 0 Å². The van der Waals surface area contributed by atoms with Gasteiger partial charge in [-0.15, -0.1) is 0 Å². The van der Waals surface area contributed by atoms with Crippen molar-refractivity contribution in [1.29, 1.82) is 0 Å². The van der Waals surface area contributed by atoms with E-state index in [0.717, 1.165) is 13.0 Å². The van der Waals surface area contributed by atoms with E-state index in [2.05, 4.69) is 33.5 Å². The molecule has 0 saturated heterocycles. The summed E-state index contributed by atoms with van der Waals surface area (Å²) in [5.41, 5.74) is 0.0712. The topological polar surface area (TPSA) is 26.3 Å². The molecule has 1 aliphatic carbocycles. The first kappa shape index (κ1) is 23.7. The lowest BCUT2D eigenvalue weighted by molar-refractivity contribution is 0.0326. The lowest BCUT2D eigenvalue weighted by Crippen LogP contribution is -2.21. The van der Waals surface area contributed by atoms with Crippen molar-refractivity contribution in [3.05, 3.63) is 6.42 Å². The van der Waals surface area contributed by atoms with Gasteiger partial charge in [0.15, 0.2) is 0 Å². The molecule has 2 heteroatoms. The van der Waals surface area contributed by atoms with E-state index in [4.69, 9.17) is 4.74 Å². The molecule has 2 nitrogen and oxygen atoms in total. The van der Waals surface area contributed by atoms with E-state index in [9.17, 15) is 4.79 Å². The third-order valence-electron chi connectivity index (χ3n) is 5.81. The van der Waals surface area contributed by atoms with Gasteiger partial charge in [0, 0.05) is 12.5 Å². The van der Waals surface area contributed by atoms with Crippen molar-refractivity contribution in [2.75, 3.05) is 6.61 Å². The minimum atomic E-state index is 0.0712. The van der Waals surface area contributed by atoms with E-state index in [1.54, 1.807) is 0 Å². The number of ether oxygens (including phenoxy) is 1. The zero-order valence-corrected chi connectivity index (χ0v) is 17.9. The predicted octanol–water partition coefficient (Wildman–Crippen LogP) is 7.21. The van der Waals surface area contributed by atoms with Gasteiger partial charge in [-0.2, -0.15) is 0 Å². The Hall–Kier alpha value is -0.370. The average molecular weight is 365 g/mol. The quantitative estimate of drug-likeness (QED) is 0.287. The Balaban J connectivity index is 1.78. The molecule has 1 rings (SSSR count). The van der Waals surface area contributed by atoms with E-state index in [-0.39, 0.29) is 11.3 Å². The van der Waals surface area contributed by atoms with Gasteiger partial charge in [0.2, 0.25) is 6.29 Å². The van der Waals surface area contributed by atoms with E-state index >= 15 is 0 Å². The molecule has 2 radical (unpaired) electrons. The van der Waals surface area contributed by atoms with Gasteiger partial charge in [0.05, 0.1) is 6.10 Å². The minimum absolute atomic E-state index is 0.0712. The summed E-state index contributed by atoms with van der Waals surface area (Å²) in [4.78, 5) is 11.0. The summed E-state index contributed by atoms with van der Waals surface area (Å²) in [5.74, 6) is 0.0999. The van der Waals surface area contributed by atoms with Crippen LogP contribution in [0.15, 0.2) is 0 Å². The monoisotopic (exact) mass is 364 g/mol. The van der Waals surface area contributed by atoms with Crippen LogP contribution in [-0.4, -0.2) is 19.0 Å². The Morgan fingerprint density at radius 1 is 0.885 bits per heavy atom. The molecule has 152 valence electrons. The molecule has 0 bridgehead atoms. The van der Waals surface area contributed by atoms with Crippen LogP contribution in [0.3, 0.4) is 0 Å². The molecule has 1 aliphatic rings. The first-order valence-electron chi connectivity index (χ1n) is 11.3. The Morgan fingerprint density at radius 2 is 1.38 bits per heavy atom. The fourth-order valence-corrected chi connectivity index (χ4v) is 3.85. The first-order valence-corrected chi connectivity index (χ1v) is 11.3.